The van der Waals surface area contributed by atoms with Crippen LogP contribution >= 0.6 is 11.6 Å². The van der Waals surface area contributed by atoms with E-state index in [1.54, 1.807) is 25.3 Å². The van der Waals surface area contributed by atoms with Crippen LogP contribution in [0.15, 0.2) is 55.1 Å². The fourth-order valence-electron chi connectivity index (χ4n) is 2.35. The van der Waals surface area contributed by atoms with E-state index in [4.69, 9.17) is 16.3 Å². The molecule has 1 nitrogen and oxygen atoms in total. The predicted octanol–water partition coefficient (Wildman–Crippen LogP) is 8.88. The Labute approximate surface area is 184 Å². The molecule has 30 heavy (non-hydrogen) atoms. The van der Waals surface area contributed by atoms with E-state index in [0.29, 0.717) is 0 Å². The van der Waals surface area contributed by atoms with E-state index in [9.17, 15) is 13.2 Å². The Morgan fingerprint density at radius 1 is 0.900 bits per heavy atom. The van der Waals surface area contributed by atoms with Gasteiger partial charge in [-0.3, -0.25) is 0 Å². The van der Waals surface area contributed by atoms with Gasteiger partial charge in [0.15, 0.2) is 0 Å². The Hall–Kier alpha value is -1.94. The molecular formula is C25H34ClF3O. The lowest BCUT2D eigenvalue weighted by molar-refractivity contribution is -0.137. The van der Waals surface area contributed by atoms with Crippen LogP contribution in [-0.4, -0.2) is 7.11 Å². The van der Waals surface area contributed by atoms with Gasteiger partial charge < -0.3 is 4.74 Å². The number of hydrogen-bond donors (Lipinski definition) is 0. The third-order valence-corrected chi connectivity index (χ3v) is 5.40. The minimum absolute atomic E-state index is 0.00719. The second-order valence-electron chi connectivity index (χ2n) is 8.47. The number of aryl methyl sites for hydroxylation is 1. The Morgan fingerprint density at radius 2 is 1.33 bits per heavy atom. The van der Waals surface area contributed by atoms with Crippen LogP contribution in [-0.2, 0) is 11.6 Å². The van der Waals surface area contributed by atoms with Gasteiger partial charge in [-0.2, -0.15) is 13.2 Å². The molecule has 2 rings (SSSR count). The van der Waals surface area contributed by atoms with Gasteiger partial charge >= 0.3 is 6.18 Å². The van der Waals surface area contributed by atoms with Gasteiger partial charge in [0.1, 0.15) is 5.75 Å². The van der Waals surface area contributed by atoms with Crippen molar-refractivity contribution in [2.24, 2.45) is 5.41 Å². The van der Waals surface area contributed by atoms with E-state index >= 15 is 0 Å². The van der Waals surface area contributed by atoms with Crippen molar-refractivity contribution < 1.29 is 17.9 Å². The zero-order valence-corrected chi connectivity index (χ0v) is 20.0. The molecule has 0 aliphatic carbocycles. The monoisotopic (exact) mass is 442 g/mol. The number of benzene rings is 2. The third kappa shape index (κ3) is 8.43. The standard InChI is InChI=1S/C14H19F3.C8H9ClO.C3H6/c1-12(2,3)13(4,5)10-6-8-11(9-7-10)14(15,16)17;1-6-5-7(9)3-4-8(6)10-2;1-3-2/h6-9H,1-5H3;3-5H,1-2H3;3H,1H2,2H3. The number of methoxy groups -OCH3 is 1. The van der Waals surface area contributed by atoms with E-state index in [1.165, 1.54) is 0 Å². The van der Waals surface area contributed by atoms with Gasteiger partial charge in [0.05, 0.1) is 12.7 Å². The molecule has 2 aromatic carbocycles. The molecular weight excluding hydrogens is 409 g/mol. The largest absolute Gasteiger partial charge is 0.496 e. The van der Waals surface area contributed by atoms with Crippen LogP contribution in [0.3, 0.4) is 0 Å². The summed E-state index contributed by atoms with van der Waals surface area (Å²) in [5.41, 5.74) is 1.23. The van der Waals surface area contributed by atoms with Gasteiger partial charge in [0, 0.05) is 5.02 Å². The van der Waals surface area contributed by atoms with Gasteiger partial charge in [-0.05, 0) is 66.1 Å². The first kappa shape index (κ1) is 28.1. The van der Waals surface area contributed by atoms with Crippen molar-refractivity contribution in [1.29, 1.82) is 0 Å². The topological polar surface area (TPSA) is 9.23 Å². The van der Waals surface area contributed by atoms with E-state index in [0.717, 1.165) is 34.0 Å². The first-order valence-electron chi connectivity index (χ1n) is 9.66. The average molecular weight is 443 g/mol. The average Bonchev–Trinajstić information content (AvgIpc) is 2.61. The maximum atomic E-state index is 12.5. The first-order chi connectivity index (χ1) is 13.6. The van der Waals surface area contributed by atoms with Gasteiger partial charge in [-0.25, -0.2) is 0 Å². The van der Waals surface area contributed by atoms with Gasteiger partial charge in [0.25, 0.3) is 0 Å². The Kier molecular flexibility index (Phi) is 10.7. The summed E-state index contributed by atoms with van der Waals surface area (Å²) in [6.07, 6.45) is -2.51. The summed E-state index contributed by atoms with van der Waals surface area (Å²) in [4.78, 5) is 0. The first-order valence-corrected chi connectivity index (χ1v) is 10.0. The van der Waals surface area contributed by atoms with Crippen LogP contribution in [0.1, 0.15) is 58.2 Å². The predicted molar refractivity (Wildman–Crippen MR) is 123 cm³/mol. The van der Waals surface area contributed by atoms with Crippen molar-refractivity contribution in [2.75, 3.05) is 7.11 Å². The number of ether oxygens (including phenoxy) is 1. The van der Waals surface area contributed by atoms with Crippen molar-refractivity contribution in [3.8, 4) is 5.75 Å². The maximum Gasteiger partial charge on any atom is 0.416 e. The lowest BCUT2D eigenvalue weighted by Gasteiger charge is -2.39. The Balaban J connectivity index is 0.000000546. The van der Waals surface area contributed by atoms with Crippen molar-refractivity contribution in [3.63, 3.8) is 0 Å². The van der Waals surface area contributed by atoms with E-state index in [-0.39, 0.29) is 10.8 Å². The lowest BCUT2D eigenvalue weighted by atomic mass is 9.65. The maximum absolute atomic E-state index is 12.5. The summed E-state index contributed by atoms with van der Waals surface area (Å²) in [6, 6.07) is 11.0. The molecule has 2 aromatic rings. The number of rotatable bonds is 2. The van der Waals surface area contributed by atoms with Crippen molar-refractivity contribution in [1.82, 2.24) is 0 Å². The fraction of sp³-hybridized carbons (Fsp3) is 0.440. The van der Waals surface area contributed by atoms with Crippen molar-refractivity contribution in [2.45, 2.75) is 60.1 Å². The fourth-order valence-corrected chi connectivity index (χ4v) is 2.58. The number of alkyl halides is 3. The molecule has 5 heteroatoms. The van der Waals surface area contributed by atoms with Gasteiger partial charge in [0.2, 0.25) is 0 Å². The minimum Gasteiger partial charge on any atom is -0.496 e. The molecule has 0 spiro atoms. The molecule has 168 valence electrons. The molecule has 0 bridgehead atoms. The van der Waals surface area contributed by atoms with Crippen LogP contribution in [0.2, 0.25) is 5.02 Å². The second kappa shape index (κ2) is 11.5. The van der Waals surface area contributed by atoms with Crippen LogP contribution in [0.5, 0.6) is 5.75 Å². The molecule has 0 heterocycles. The van der Waals surface area contributed by atoms with Crippen LogP contribution in [0, 0.1) is 12.3 Å². The van der Waals surface area contributed by atoms with Crippen molar-refractivity contribution >= 4 is 11.6 Å². The Bertz CT molecular complexity index is 786. The van der Waals surface area contributed by atoms with Gasteiger partial charge in [-0.15, -0.1) is 6.58 Å². The number of allylic oxidation sites excluding steroid dienone is 1. The molecule has 0 aliphatic heterocycles. The molecule has 0 aliphatic rings. The van der Waals surface area contributed by atoms with Crippen LogP contribution in [0.25, 0.3) is 0 Å². The molecule has 0 amide bonds. The third-order valence-electron chi connectivity index (χ3n) is 5.17. The molecule has 0 fully saturated rings. The molecule has 0 radical (unpaired) electrons. The zero-order valence-electron chi connectivity index (χ0n) is 19.2. The summed E-state index contributed by atoms with van der Waals surface area (Å²) in [5.74, 6) is 0.879. The molecule has 0 atom stereocenters. The minimum atomic E-state index is -4.26. The van der Waals surface area contributed by atoms with E-state index in [1.807, 2.05) is 32.0 Å². The van der Waals surface area contributed by atoms with E-state index in [2.05, 4.69) is 41.2 Å². The Morgan fingerprint density at radius 3 is 1.67 bits per heavy atom. The summed E-state index contributed by atoms with van der Waals surface area (Å²) < 4.78 is 42.4. The highest BCUT2D eigenvalue weighted by molar-refractivity contribution is 6.30. The molecule has 0 unspecified atom stereocenters. The zero-order chi connectivity index (χ0) is 23.8. The molecule has 0 N–H and O–H groups in total. The summed E-state index contributed by atoms with van der Waals surface area (Å²) >= 11 is 5.72. The van der Waals surface area contributed by atoms with E-state index < -0.39 is 11.7 Å². The highest BCUT2D eigenvalue weighted by Gasteiger charge is 2.35. The second-order valence-corrected chi connectivity index (χ2v) is 8.91. The smallest absolute Gasteiger partial charge is 0.416 e. The highest BCUT2D eigenvalue weighted by Crippen LogP contribution is 2.41. The number of halogens is 4. The summed E-state index contributed by atoms with van der Waals surface area (Å²) in [5, 5.41) is 0.748. The molecule has 0 saturated heterocycles. The van der Waals surface area contributed by atoms with Crippen LogP contribution in [0.4, 0.5) is 13.2 Å². The normalized spacial score (nSPS) is 11.5. The highest BCUT2D eigenvalue weighted by atomic mass is 35.5. The van der Waals surface area contributed by atoms with Gasteiger partial charge in [-0.1, -0.05) is 64.4 Å². The quantitative estimate of drug-likeness (QED) is 0.422. The molecule has 0 saturated carbocycles. The lowest BCUT2D eigenvalue weighted by Crippen LogP contribution is -2.33. The molecule has 0 aromatic heterocycles. The van der Waals surface area contributed by atoms with Crippen LogP contribution < -0.4 is 4.74 Å². The SMILES string of the molecule is C=CC.CC(C)(C)C(C)(C)c1ccc(C(F)(F)F)cc1.COc1ccc(Cl)cc1C. The number of hydrogen-bond acceptors (Lipinski definition) is 1. The van der Waals surface area contributed by atoms with Crippen molar-refractivity contribution in [3.05, 3.63) is 76.8 Å². The summed E-state index contributed by atoms with van der Waals surface area (Å²) in [6.45, 7) is 17.6. The summed E-state index contributed by atoms with van der Waals surface area (Å²) in [7, 11) is 1.65.